The van der Waals surface area contributed by atoms with Gasteiger partial charge in [0.15, 0.2) is 0 Å². The zero-order chi connectivity index (χ0) is 9.14. The molecule has 70 valence electrons. The zero-order valence-corrected chi connectivity index (χ0v) is 7.79. The Morgan fingerprint density at radius 1 is 1.42 bits per heavy atom. The number of hydrogen-bond donors (Lipinski definition) is 1. The third-order valence-corrected chi connectivity index (χ3v) is 2.54. The molecule has 12 heavy (non-hydrogen) atoms. The number of rotatable bonds is 3. The molecular weight excluding hydrogens is 154 g/mol. The van der Waals surface area contributed by atoms with Gasteiger partial charge in [-0.1, -0.05) is 0 Å². The highest BCUT2D eigenvalue weighted by Gasteiger charge is 2.34. The van der Waals surface area contributed by atoms with E-state index < -0.39 is 0 Å². The minimum Gasteiger partial charge on any atom is -0.393 e. The van der Waals surface area contributed by atoms with Crippen molar-refractivity contribution in [3.63, 3.8) is 0 Å². The lowest BCUT2D eigenvalue weighted by Gasteiger charge is -2.34. The predicted octanol–water partition coefficient (Wildman–Crippen LogP) is 0.626. The third kappa shape index (κ3) is 1.78. The van der Waals surface area contributed by atoms with Crippen molar-refractivity contribution < 1.29 is 9.90 Å². The molecule has 3 nitrogen and oxygen atoms in total. The summed E-state index contributed by atoms with van der Waals surface area (Å²) < 4.78 is 0. The topological polar surface area (TPSA) is 40.5 Å². The second-order valence-electron chi connectivity index (χ2n) is 3.33. The molecular formula is C9H17NO2. The van der Waals surface area contributed by atoms with Gasteiger partial charge in [-0.3, -0.25) is 4.79 Å². The van der Waals surface area contributed by atoms with Crippen molar-refractivity contribution in [3.8, 4) is 0 Å². The Hall–Kier alpha value is -0.570. The van der Waals surface area contributed by atoms with E-state index in [1.807, 2.05) is 18.7 Å². The summed E-state index contributed by atoms with van der Waals surface area (Å²) in [6.07, 6.45) is 1.10. The lowest BCUT2D eigenvalue weighted by molar-refractivity contribution is -0.141. The van der Waals surface area contributed by atoms with E-state index in [9.17, 15) is 4.79 Å². The van der Waals surface area contributed by atoms with Crippen molar-refractivity contribution in [3.05, 3.63) is 0 Å². The monoisotopic (exact) mass is 171 g/mol. The van der Waals surface area contributed by atoms with Crippen LogP contribution in [0.1, 0.15) is 26.7 Å². The summed E-state index contributed by atoms with van der Waals surface area (Å²) in [4.78, 5) is 13.4. The number of carbonyl (C=O) groups is 1. The third-order valence-electron chi connectivity index (χ3n) is 2.54. The Bertz CT molecular complexity index is 160. The highest BCUT2D eigenvalue weighted by Crippen LogP contribution is 2.28. The van der Waals surface area contributed by atoms with E-state index in [4.69, 9.17) is 5.11 Å². The van der Waals surface area contributed by atoms with E-state index in [2.05, 4.69) is 0 Å². The molecule has 0 aromatic carbocycles. The normalized spacial score (nSPS) is 27.9. The molecule has 0 heterocycles. The van der Waals surface area contributed by atoms with Gasteiger partial charge in [-0.25, -0.2) is 0 Å². The quantitative estimate of drug-likeness (QED) is 0.676. The average Bonchev–Trinajstić information content (AvgIpc) is 2.01. The van der Waals surface area contributed by atoms with Gasteiger partial charge in [0.1, 0.15) is 0 Å². The summed E-state index contributed by atoms with van der Waals surface area (Å²) in [5, 5.41) is 9.02. The van der Waals surface area contributed by atoms with Crippen molar-refractivity contribution in [1.82, 2.24) is 4.90 Å². The summed E-state index contributed by atoms with van der Waals surface area (Å²) in [6, 6.07) is 0. The van der Waals surface area contributed by atoms with Gasteiger partial charge in [0.25, 0.3) is 0 Å². The minimum absolute atomic E-state index is 0.0971. The van der Waals surface area contributed by atoms with Crippen LogP contribution in [0.5, 0.6) is 0 Å². The molecule has 1 saturated carbocycles. The van der Waals surface area contributed by atoms with Crippen LogP contribution in [-0.2, 0) is 4.79 Å². The average molecular weight is 171 g/mol. The Labute approximate surface area is 73.4 Å². The van der Waals surface area contributed by atoms with Crippen LogP contribution in [0.15, 0.2) is 0 Å². The van der Waals surface area contributed by atoms with Gasteiger partial charge in [-0.05, 0) is 26.7 Å². The fourth-order valence-corrected chi connectivity index (χ4v) is 1.58. The van der Waals surface area contributed by atoms with Crippen LogP contribution >= 0.6 is 0 Å². The van der Waals surface area contributed by atoms with E-state index in [1.54, 1.807) is 0 Å². The first-order valence-electron chi connectivity index (χ1n) is 4.65. The number of aliphatic hydroxyl groups excluding tert-OH is 1. The van der Waals surface area contributed by atoms with Gasteiger partial charge < -0.3 is 10.0 Å². The van der Waals surface area contributed by atoms with Crippen molar-refractivity contribution in [2.75, 3.05) is 13.1 Å². The van der Waals surface area contributed by atoms with Crippen molar-refractivity contribution >= 4 is 5.91 Å². The Balaban J connectivity index is 2.36. The first kappa shape index (κ1) is 9.52. The molecule has 1 aliphatic carbocycles. The first-order chi connectivity index (χ1) is 5.69. The molecule has 1 fully saturated rings. The molecule has 0 aromatic heterocycles. The van der Waals surface area contributed by atoms with Crippen LogP contribution in [0.3, 0.4) is 0 Å². The molecule has 3 heteroatoms. The molecule has 0 atom stereocenters. The number of carbonyl (C=O) groups excluding carboxylic acids is 1. The first-order valence-corrected chi connectivity index (χ1v) is 4.65. The summed E-state index contributed by atoms with van der Waals surface area (Å²) in [6.45, 7) is 5.52. The smallest absolute Gasteiger partial charge is 0.225 e. The molecule has 0 saturated heterocycles. The van der Waals surface area contributed by atoms with Crippen LogP contribution < -0.4 is 0 Å². The summed E-state index contributed by atoms with van der Waals surface area (Å²) in [7, 11) is 0. The van der Waals surface area contributed by atoms with Crippen LogP contribution in [0.25, 0.3) is 0 Å². The van der Waals surface area contributed by atoms with Crippen molar-refractivity contribution in [2.24, 2.45) is 5.92 Å². The van der Waals surface area contributed by atoms with E-state index in [0.29, 0.717) is 12.8 Å². The Morgan fingerprint density at radius 3 is 2.25 bits per heavy atom. The standard InChI is InChI=1S/C9H17NO2/c1-3-10(4-2)9(12)7-5-8(11)6-7/h7-8,11H,3-6H2,1-2H3. The van der Waals surface area contributed by atoms with Crippen molar-refractivity contribution in [1.29, 1.82) is 0 Å². The highest BCUT2D eigenvalue weighted by atomic mass is 16.3. The minimum atomic E-state index is -0.227. The highest BCUT2D eigenvalue weighted by molar-refractivity contribution is 5.79. The van der Waals surface area contributed by atoms with Gasteiger partial charge in [-0.15, -0.1) is 0 Å². The van der Waals surface area contributed by atoms with Gasteiger partial charge in [0.05, 0.1) is 6.10 Å². The maximum Gasteiger partial charge on any atom is 0.225 e. The van der Waals surface area contributed by atoms with E-state index in [-0.39, 0.29) is 17.9 Å². The van der Waals surface area contributed by atoms with Gasteiger partial charge in [-0.2, -0.15) is 0 Å². The second-order valence-corrected chi connectivity index (χ2v) is 3.33. The number of aliphatic hydroxyl groups is 1. The van der Waals surface area contributed by atoms with Crippen molar-refractivity contribution in [2.45, 2.75) is 32.8 Å². The Kier molecular flexibility index (Phi) is 3.09. The second kappa shape index (κ2) is 3.90. The number of hydrogen-bond acceptors (Lipinski definition) is 2. The predicted molar refractivity (Wildman–Crippen MR) is 46.7 cm³/mol. The maximum absolute atomic E-state index is 11.5. The molecule has 0 radical (unpaired) electrons. The van der Waals surface area contributed by atoms with Crippen LogP contribution in [0.4, 0.5) is 0 Å². The molecule has 1 rings (SSSR count). The van der Waals surface area contributed by atoms with Crippen LogP contribution in [0, 0.1) is 5.92 Å². The fourth-order valence-electron chi connectivity index (χ4n) is 1.58. The van der Waals surface area contributed by atoms with E-state index in [0.717, 1.165) is 13.1 Å². The molecule has 0 aromatic rings. The lowest BCUT2D eigenvalue weighted by Crippen LogP contribution is -2.43. The number of nitrogens with zero attached hydrogens (tertiary/aromatic N) is 1. The maximum atomic E-state index is 11.5. The number of amides is 1. The van der Waals surface area contributed by atoms with E-state index in [1.165, 1.54) is 0 Å². The fraction of sp³-hybridized carbons (Fsp3) is 0.889. The largest absolute Gasteiger partial charge is 0.393 e. The van der Waals surface area contributed by atoms with Crippen LogP contribution in [0.2, 0.25) is 0 Å². The SMILES string of the molecule is CCN(CC)C(=O)C1CC(O)C1. The lowest BCUT2D eigenvalue weighted by atomic mass is 9.81. The van der Waals surface area contributed by atoms with Gasteiger partial charge in [0, 0.05) is 19.0 Å². The molecule has 0 unspecified atom stereocenters. The molecule has 0 bridgehead atoms. The molecule has 1 aliphatic rings. The summed E-state index contributed by atoms with van der Waals surface area (Å²) in [5.41, 5.74) is 0. The molecule has 1 N–H and O–H groups in total. The summed E-state index contributed by atoms with van der Waals surface area (Å²) >= 11 is 0. The molecule has 0 aliphatic heterocycles. The van der Waals surface area contributed by atoms with E-state index >= 15 is 0 Å². The van der Waals surface area contributed by atoms with Crippen LogP contribution in [-0.4, -0.2) is 35.1 Å². The molecule has 1 amide bonds. The Morgan fingerprint density at radius 2 is 1.92 bits per heavy atom. The summed E-state index contributed by atoms with van der Waals surface area (Å²) in [5.74, 6) is 0.310. The zero-order valence-electron chi connectivity index (χ0n) is 7.79. The van der Waals surface area contributed by atoms with Gasteiger partial charge >= 0.3 is 0 Å². The molecule has 0 spiro atoms. The van der Waals surface area contributed by atoms with Gasteiger partial charge in [0.2, 0.25) is 5.91 Å².